The molecule has 2 nitrogen and oxygen atoms in total. The van der Waals surface area contributed by atoms with Crippen LogP contribution in [-0.2, 0) is 0 Å². The topological polar surface area (TPSA) is 26.3 Å². The third kappa shape index (κ3) is 3.00. The van der Waals surface area contributed by atoms with Gasteiger partial charge in [-0.3, -0.25) is 4.79 Å². The van der Waals surface area contributed by atoms with Crippen LogP contribution in [0.1, 0.15) is 20.8 Å². The largest absolute Gasteiger partial charge is 0.485 e. The molecule has 0 unspecified atom stereocenters. The summed E-state index contributed by atoms with van der Waals surface area (Å²) in [5.41, 5.74) is 2.21. The summed E-state index contributed by atoms with van der Waals surface area (Å²) in [6.45, 7) is 4.09. The van der Waals surface area contributed by atoms with Crippen molar-refractivity contribution in [2.24, 2.45) is 0 Å². The molecule has 2 rings (SSSR count). The van der Waals surface area contributed by atoms with Gasteiger partial charge in [0.15, 0.2) is 6.61 Å². The number of benzene rings is 1. The molecule has 0 spiro atoms. The second-order valence-corrected chi connectivity index (χ2v) is 5.80. The summed E-state index contributed by atoms with van der Waals surface area (Å²) in [5.74, 6) is 0.751. The van der Waals surface area contributed by atoms with Gasteiger partial charge in [0.05, 0.1) is 4.88 Å². The van der Waals surface area contributed by atoms with Crippen molar-refractivity contribution in [2.45, 2.75) is 13.8 Å². The maximum Gasteiger partial charge on any atom is 0.210 e. The summed E-state index contributed by atoms with van der Waals surface area (Å²) < 4.78 is 6.63. The number of carbonyl (C=O) groups is 1. The number of carbonyl (C=O) groups excluding carboxylic acids is 1. The molecule has 2 aromatic rings. The van der Waals surface area contributed by atoms with E-state index in [1.807, 2.05) is 43.5 Å². The predicted octanol–water partition coefficient (Wildman–Crippen LogP) is 4.39. The van der Waals surface area contributed by atoms with Crippen LogP contribution in [0.5, 0.6) is 5.75 Å². The van der Waals surface area contributed by atoms with Crippen LogP contribution >= 0.6 is 27.3 Å². The summed E-state index contributed by atoms with van der Waals surface area (Å²) in [6, 6.07) is 7.54. The van der Waals surface area contributed by atoms with Crippen molar-refractivity contribution in [1.82, 2.24) is 0 Å². The molecule has 4 heteroatoms. The first-order valence-corrected chi connectivity index (χ1v) is 7.21. The molecular formula is C14H13BrO2S. The van der Waals surface area contributed by atoms with Crippen LogP contribution in [0.25, 0.3) is 0 Å². The molecule has 0 saturated carbocycles. The molecule has 0 aliphatic heterocycles. The maximum absolute atomic E-state index is 11.8. The van der Waals surface area contributed by atoms with E-state index in [0.29, 0.717) is 0 Å². The minimum atomic E-state index is 0.0169. The van der Waals surface area contributed by atoms with Crippen LogP contribution in [0.3, 0.4) is 0 Å². The summed E-state index contributed by atoms with van der Waals surface area (Å²) in [5, 5.41) is 1.89. The van der Waals surface area contributed by atoms with Gasteiger partial charge in [0.2, 0.25) is 5.78 Å². The number of halogens is 1. The monoisotopic (exact) mass is 324 g/mol. The Kier molecular flexibility index (Phi) is 4.19. The van der Waals surface area contributed by atoms with E-state index in [2.05, 4.69) is 15.9 Å². The SMILES string of the molecule is Cc1cc(OCC(=O)c2cccs2)cc(C)c1Br. The number of aryl methyl sites for hydroxylation is 2. The molecule has 1 heterocycles. The molecule has 0 radical (unpaired) electrons. The van der Waals surface area contributed by atoms with E-state index in [9.17, 15) is 4.79 Å². The Balaban J connectivity index is 2.05. The van der Waals surface area contributed by atoms with Crippen LogP contribution in [0.15, 0.2) is 34.1 Å². The first-order chi connectivity index (χ1) is 8.58. The highest BCUT2D eigenvalue weighted by Crippen LogP contribution is 2.26. The minimum absolute atomic E-state index is 0.0169. The molecule has 0 saturated heterocycles. The zero-order valence-corrected chi connectivity index (χ0v) is 12.6. The summed E-state index contributed by atoms with van der Waals surface area (Å²) in [6.07, 6.45) is 0. The van der Waals surface area contributed by atoms with Gasteiger partial charge in [-0.2, -0.15) is 0 Å². The zero-order valence-electron chi connectivity index (χ0n) is 10.2. The van der Waals surface area contributed by atoms with E-state index in [4.69, 9.17) is 4.74 Å². The van der Waals surface area contributed by atoms with Crippen LogP contribution < -0.4 is 4.74 Å². The van der Waals surface area contributed by atoms with Crippen molar-refractivity contribution in [3.63, 3.8) is 0 Å². The second kappa shape index (κ2) is 5.67. The van der Waals surface area contributed by atoms with E-state index in [0.717, 1.165) is 26.2 Å². The summed E-state index contributed by atoms with van der Waals surface area (Å²) >= 11 is 4.94. The first kappa shape index (κ1) is 13.3. The lowest BCUT2D eigenvalue weighted by molar-refractivity contribution is 0.0925. The maximum atomic E-state index is 11.8. The van der Waals surface area contributed by atoms with Gasteiger partial charge in [0.1, 0.15) is 5.75 Å². The molecular weight excluding hydrogens is 312 g/mol. The fraction of sp³-hybridized carbons (Fsp3) is 0.214. The predicted molar refractivity (Wildman–Crippen MR) is 77.8 cm³/mol. The van der Waals surface area contributed by atoms with Gasteiger partial charge >= 0.3 is 0 Å². The van der Waals surface area contributed by atoms with Gasteiger partial charge in [-0.1, -0.05) is 22.0 Å². The normalized spacial score (nSPS) is 10.4. The number of ether oxygens (including phenoxy) is 1. The van der Waals surface area contributed by atoms with Gasteiger partial charge in [0.25, 0.3) is 0 Å². The van der Waals surface area contributed by atoms with Crippen molar-refractivity contribution >= 4 is 33.0 Å². The molecule has 0 N–H and O–H groups in total. The minimum Gasteiger partial charge on any atom is -0.485 e. The molecule has 0 aliphatic rings. The van der Waals surface area contributed by atoms with Gasteiger partial charge in [-0.25, -0.2) is 0 Å². The quantitative estimate of drug-likeness (QED) is 0.780. The van der Waals surface area contributed by atoms with Crippen LogP contribution in [0, 0.1) is 13.8 Å². The van der Waals surface area contributed by atoms with E-state index in [-0.39, 0.29) is 12.4 Å². The molecule has 1 aromatic heterocycles. The Morgan fingerprint density at radius 2 is 2.00 bits per heavy atom. The Bertz CT molecular complexity index is 538. The van der Waals surface area contributed by atoms with Crippen LogP contribution in [0.4, 0.5) is 0 Å². The van der Waals surface area contributed by atoms with Crippen molar-refractivity contribution in [2.75, 3.05) is 6.61 Å². The summed E-state index contributed by atoms with van der Waals surface area (Å²) in [7, 11) is 0. The fourth-order valence-corrected chi connectivity index (χ4v) is 2.53. The number of hydrogen-bond donors (Lipinski definition) is 0. The first-order valence-electron chi connectivity index (χ1n) is 5.54. The van der Waals surface area contributed by atoms with Gasteiger partial charge in [-0.05, 0) is 48.6 Å². The Morgan fingerprint density at radius 1 is 1.33 bits per heavy atom. The number of Topliss-reactive ketones (excluding diaryl/α,β-unsaturated/α-hetero) is 1. The van der Waals surface area contributed by atoms with Crippen molar-refractivity contribution in [3.05, 3.63) is 50.1 Å². The zero-order chi connectivity index (χ0) is 13.1. The highest BCUT2D eigenvalue weighted by Gasteiger charge is 2.09. The van der Waals surface area contributed by atoms with E-state index in [1.54, 1.807) is 0 Å². The molecule has 0 fully saturated rings. The van der Waals surface area contributed by atoms with Gasteiger partial charge in [0, 0.05) is 4.47 Å². The Labute approximate surface area is 119 Å². The van der Waals surface area contributed by atoms with Crippen LogP contribution in [0.2, 0.25) is 0 Å². The molecule has 0 amide bonds. The van der Waals surface area contributed by atoms with Crippen LogP contribution in [-0.4, -0.2) is 12.4 Å². The van der Waals surface area contributed by atoms with Crippen molar-refractivity contribution in [3.8, 4) is 5.75 Å². The molecule has 1 aromatic carbocycles. The molecule has 0 bridgehead atoms. The van der Waals surface area contributed by atoms with E-state index in [1.165, 1.54) is 11.3 Å². The highest BCUT2D eigenvalue weighted by atomic mass is 79.9. The molecule has 0 atom stereocenters. The van der Waals surface area contributed by atoms with E-state index < -0.39 is 0 Å². The molecule has 0 aliphatic carbocycles. The average Bonchev–Trinajstić information content (AvgIpc) is 2.86. The number of ketones is 1. The van der Waals surface area contributed by atoms with Crippen molar-refractivity contribution in [1.29, 1.82) is 0 Å². The van der Waals surface area contributed by atoms with Crippen molar-refractivity contribution < 1.29 is 9.53 Å². The van der Waals surface area contributed by atoms with E-state index >= 15 is 0 Å². The summed E-state index contributed by atoms with van der Waals surface area (Å²) in [4.78, 5) is 12.5. The Hall–Kier alpha value is -1.13. The third-order valence-corrected chi connectivity index (χ3v) is 4.74. The lowest BCUT2D eigenvalue weighted by atomic mass is 10.1. The molecule has 18 heavy (non-hydrogen) atoms. The highest BCUT2D eigenvalue weighted by molar-refractivity contribution is 9.10. The Morgan fingerprint density at radius 3 is 2.56 bits per heavy atom. The second-order valence-electron chi connectivity index (χ2n) is 4.06. The number of rotatable bonds is 4. The lowest BCUT2D eigenvalue weighted by Gasteiger charge is -2.09. The smallest absolute Gasteiger partial charge is 0.210 e. The fourth-order valence-electron chi connectivity index (χ4n) is 1.65. The standard InChI is InChI=1S/C14H13BrO2S/c1-9-6-11(7-10(2)14(9)15)17-8-12(16)13-4-3-5-18-13/h3-7H,8H2,1-2H3. The third-order valence-electron chi connectivity index (χ3n) is 2.58. The lowest BCUT2D eigenvalue weighted by Crippen LogP contribution is -2.10. The average molecular weight is 325 g/mol. The van der Waals surface area contributed by atoms with Gasteiger partial charge in [-0.15, -0.1) is 11.3 Å². The van der Waals surface area contributed by atoms with Gasteiger partial charge < -0.3 is 4.74 Å². The number of hydrogen-bond acceptors (Lipinski definition) is 3. The molecule has 94 valence electrons. The number of thiophene rings is 1.